The number of carboxylic acid groups (broad SMARTS) is 1. The number of carboxylic acids is 1. The number of carbonyl (C=O) groups is 4. The third kappa shape index (κ3) is 10.3. The van der Waals surface area contributed by atoms with Crippen LogP contribution >= 0.6 is 0 Å². The molecule has 10 N–H and O–H groups in total. The number of hydrogen-bond acceptors (Lipinski definition) is 6. The summed E-state index contributed by atoms with van der Waals surface area (Å²) >= 11 is 0. The smallest absolute Gasteiger partial charge is 0.322 e. The van der Waals surface area contributed by atoms with E-state index in [4.69, 9.17) is 22.3 Å². The van der Waals surface area contributed by atoms with E-state index >= 15 is 0 Å². The number of aliphatic imine (C=N–C) groups is 1. The summed E-state index contributed by atoms with van der Waals surface area (Å²) in [5, 5.41) is 16.0. The molecule has 0 aliphatic carbocycles. The topological polar surface area (TPSA) is 215 Å². The predicted octanol–water partition coefficient (Wildman–Crippen LogP) is -2.79. The number of nitrogens with two attached hydrogens (primary N) is 3. The molecule has 0 rings (SSSR count). The molecule has 0 aromatic rings. The van der Waals surface area contributed by atoms with Crippen molar-refractivity contribution in [3.05, 3.63) is 0 Å². The first-order valence-corrected chi connectivity index (χ1v) is 8.86. The standard InChI is InChI=1S/C16H31N7O5/c1-8(2)12(15(28)21-7-11(24)25)23-14(27)10(22-13(26)9(3)17)5-4-6-20-16(18)19/h8-10,12H,4-7,17H2,1-3H3,(H,21,28)(H,22,26)(H,23,27)(H,24,25)(H4,18,19,20). The molecule has 0 radical (unpaired) electrons. The lowest BCUT2D eigenvalue weighted by molar-refractivity contribution is -0.139. The van der Waals surface area contributed by atoms with Crippen molar-refractivity contribution in [2.24, 2.45) is 28.1 Å². The second-order valence-corrected chi connectivity index (χ2v) is 6.64. The maximum atomic E-state index is 12.6. The quantitative estimate of drug-likeness (QED) is 0.103. The highest BCUT2D eigenvalue weighted by Gasteiger charge is 2.29. The minimum Gasteiger partial charge on any atom is -0.480 e. The zero-order valence-electron chi connectivity index (χ0n) is 16.4. The molecule has 160 valence electrons. The van der Waals surface area contributed by atoms with Gasteiger partial charge in [0.15, 0.2) is 5.96 Å². The molecule has 28 heavy (non-hydrogen) atoms. The lowest BCUT2D eigenvalue weighted by Crippen LogP contribution is -2.57. The molecule has 0 aliphatic rings. The first-order valence-electron chi connectivity index (χ1n) is 8.86. The van der Waals surface area contributed by atoms with Gasteiger partial charge in [0.2, 0.25) is 17.7 Å². The number of guanidine groups is 1. The number of rotatable bonds is 12. The monoisotopic (exact) mass is 401 g/mol. The third-order valence-corrected chi connectivity index (χ3v) is 3.65. The van der Waals surface area contributed by atoms with Crippen molar-refractivity contribution in [1.82, 2.24) is 16.0 Å². The van der Waals surface area contributed by atoms with Gasteiger partial charge in [-0.2, -0.15) is 0 Å². The van der Waals surface area contributed by atoms with E-state index in [1.807, 2.05) is 0 Å². The van der Waals surface area contributed by atoms with Gasteiger partial charge in [-0.3, -0.25) is 24.2 Å². The van der Waals surface area contributed by atoms with Crippen molar-refractivity contribution >= 4 is 29.7 Å². The van der Waals surface area contributed by atoms with Crippen LogP contribution in [0.2, 0.25) is 0 Å². The van der Waals surface area contributed by atoms with E-state index in [9.17, 15) is 19.2 Å². The molecule has 0 saturated carbocycles. The fourth-order valence-electron chi connectivity index (χ4n) is 2.14. The summed E-state index contributed by atoms with van der Waals surface area (Å²) in [6.45, 7) is 4.55. The Morgan fingerprint density at radius 3 is 2.07 bits per heavy atom. The van der Waals surface area contributed by atoms with Crippen molar-refractivity contribution in [2.45, 2.75) is 51.7 Å². The minimum absolute atomic E-state index is 0.0874. The second kappa shape index (κ2) is 12.5. The van der Waals surface area contributed by atoms with Gasteiger partial charge in [0.05, 0.1) is 6.04 Å². The second-order valence-electron chi connectivity index (χ2n) is 6.64. The first kappa shape index (κ1) is 25.1. The molecule has 0 aromatic carbocycles. The van der Waals surface area contributed by atoms with Crippen LogP contribution in [0.5, 0.6) is 0 Å². The fraction of sp³-hybridized carbons (Fsp3) is 0.688. The molecular weight excluding hydrogens is 370 g/mol. The lowest BCUT2D eigenvalue weighted by atomic mass is 10.0. The Balaban J connectivity index is 5.12. The molecule has 3 amide bonds. The van der Waals surface area contributed by atoms with Crippen LogP contribution in [0, 0.1) is 5.92 Å². The molecule has 3 atom stereocenters. The molecule has 0 heterocycles. The largest absolute Gasteiger partial charge is 0.480 e. The van der Waals surface area contributed by atoms with E-state index < -0.39 is 48.4 Å². The maximum Gasteiger partial charge on any atom is 0.322 e. The number of nitrogens with one attached hydrogen (secondary N) is 3. The van der Waals surface area contributed by atoms with Crippen LogP contribution in [0.4, 0.5) is 0 Å². The van der Waals surface area contributed by atoms with Crippen LogP contribution in [0.1, 0.15) is 33.6 Å². The van der Waals surface area contributed by atoms with Gasteiger partial charge < -0.3 is 38.3 Å². The summed E-state index contributed by atoms with van der Waals surface area (Å²) in [5.41, 5.74) is 16.0. The van der Waals surface area contributed by atoms with E-state index in [0.717, 1.165) is 0 Å². The van der Waals surface area contributed by atoms with E-state index in [1.165, 1.54) is 6.92 Å². The molecule has 0 bridgehead atoms. The summed E-state index contributed by atoms with van der Waals surface area (Å²) in [5.74, 6) is -3.37. The van der Waals surface area contributed by atoms with Crippen LogP contribution in [-0.2, 0) is 19.2 Å². The van der Waals surface area contributed by atoms with Gasteiger partial charge in [-0.25, -0.2) is 0 Å². The highest BCUT2D eigenvalue weighted by Crippen LogP contribution is 2.05. The molecule has 0 spiro atoms. The Hall–Kier alpha value is -2.89. The number of hydrogen-bond donors (Lipinski definition) is 7. The van der Waals surface area contributed by atoms with E-state index in [2.05, 4.69) is 20.9 Å². The van der Waals surface area contributed by atoms with Gasteiger partial charge in [-0.1, -0.05) is 13.8 Å². The van der Waals surface area contributed by atoms with Crippen molar-refractivity contribution in [3.8, 4) is 0 Å². The summed E-state index contributed by atoms with van der Waals surface area (Å²) in [7, 11) is 0. The summed E-state index contributed by atoms with van der Waals surface area (Å²) < 4.78 is 0. The van der Waals surface area contributed by atoms with Crippen molar-refractivity contribution in [1.29, 1.82) is 0 Å². The average Bonchev–Trinajstić information content (AvgIpc) is 2.58. The van der Waals surface area contributed by atoms with Crippen molar-refractivity contribution in [2.75, 3.05) is 13.1 Å². The average molecular weight is 401 g/mol. The zero-order chi connectivity index (χ0) is 21.9. The van der Waals surface area contributed by atoms with Gasteiger partial charge in [0.25, 0.3) is 0 Å². The highest BCUT2D eigenvalue weighted by atomic mass is 16.4. The Bertz CT molecular complexity index is 588. The molecule has 0 aliphatic heterocycles. The highest BCUT2D eigenvalue weighted by molar-refractivity contribution is 5.93. The third-order valence-electron chi connectivity index (χ3n) is 3.65. The van der Waals surface area contributed by atoms with Gasteiger partial charge in [0, 0.05) is 6.54 Å². The van der Waals surface area contributed by atoms with Crippen LogP contribution in [-0.4, -0.2) is 66.0 Å². The summed E-state index contributed by atoms with van der Waals surface area (Å²) in [4.78, 5) is 51.1. The molecule has 12 nitrogen and oxygen atoms in total. The van der Waals surface area contributed by atoms with Crippen molar-refractivity contribution < 1.29 is 24.3 Å². The molecule has 0 saturated heterocycles. The molecule has 0 fully saturated rings. The van der Waals surface area contributed by atoms with Crippen LogP contribution in [0.25, 0.3) is 0 Å². The Labute approximate surface area is 163 Å². The van der Waals surface area contributed by atoms with Crippen molar-refractivity contribution in [3.63, 3.8) is 0 Å². The van der Waals surface area contributed by atoms with E-state index in [-0.39, 0.29) is 24.8 Å². The maximum absolute atomic E-state index is 12.6. The minimum atomic E-state index is -1.20. The molecule has 3 unspecified atom stereocenters. The van der Waals surface area contributed by atoms with E-state index in [0.29, 0.717) is 6.42 Å². The normalized spacial score (nSPS) is 13.8. The van der Waals surface area contributed by atoms with Gasteiger partial charge in [0.1, 0.15) is 18.6 Å². The van der Waals surface area contributed by atoms with Crippen LogP contribution in [0.15, 0.2) is 4.99 Å². The fourth-order valence-corrected chi connectivity index (χ4v) is 2.14. The molecular formula is C16H31N7O5. The van der Waals surface area contributed by atoms with Crippen LogP contribution in [0.3, 0.4) is 0 Å². The SMILES string of the molecule is CC(N)C(=O)NC(CCCN=C(N)N)C(=O)NC(C(=O)NCC(=O)O)C(C)C. The number of carbonyl (C=O) groups excluding carboxylic acids is 3. The Kier molecular flexibility index (Phi) is 11.2. The lowest BCUT2D eigenvalue weighted by Gasteiger charge is -2.25. The number of amides is 3. The van der Waals surface area contributed by atoms with Gasteiger partial charge in [-0.05, 0) is 25.7 Å². The Morgan fingerprint density at radius 2 is 1.61 bits per heavy atom. The number of aliphatic carboxylic acids is 1. The molecule has 0 aromatic heterocycles. The summed E-state index contributed by atoms with van der Waals surface area (Å²) in [6, 6.07) is -2.76. The van der Waals surface area contributed by atoms with Crippen LogP contribution < -0.4 is 33.2 Å². The first-order chi connectivity index (χ1) is 13.0. The van der Waals surface area contributed by atoms with E-state index in [1.54, 1.807) is 13.8 Å². The number of nitrogens with zero attached hydrogens (tertiary/aromatic N) is 1. The predicted molar refractivity (Wildman–Crippen MR) is 103 cm³/mol. The summed E-state index contributed by atoms with van der Waals surface area (Å²) in [6.07, 6.45) is 0.607. The zero-order valence-corrected chi connectivity index (χ0v) is 16.4. The molecule has 12 heteroatoms. The van der Waals surface area contributed by atoms with Gasteiger partial charge >= 0.3 is 5.97 Å². The van der Waals surface area contributed by atoms with Gasteiger partial charge in [-0.15, -0.1) is 0 Å². The Morgan fingerprint density at radius 1 is 1.00 bits per heavy atom.